The molecule has 0 saturated heterocycles. The van der Waals surface area contributed by atoms with Crippen LogP contribution < -0.4 is 0 Å². The number of aromatic nitrogens is 6. The van der Waals surface area contributed by atoms with Gasteiger partial charge in [-0.25, -0.2) is 10.2 Å². The normalized spacial score (nSPS) is 10.7. The van der Waals surface area contributed by atoms with Gasteiger partial charge in [0.05, 0.1) is 0 Å². The molecular weight excluding hydrogens is 236 g/mol. The summed E-state index contributed by atoms with van der Waals surface area (Å²) in [4.78, 5) is 7.60. The van der Waals surface area contributed by atoms with Crippen LogP contribution in [0, 0.1) is 0 Å². The average Bonchev–Trinajstić information content (AvgIpc) is 2.98. The minimum absolute atomic E-state index is 0.229. The topological polar surface area (TPSA) is 124 Å². The second-order valence-electron chi connectivity index (χ2n) is 3.54. The first-order valence-electron chi connectivity index (χ1n) is 5.06. The number of nitrogens with zero attached hydrogens (tertiary/aromatic N) is 4. The number of aromatic hydroxyl groups is 2. The van der Waals surface area contributed by atoms with Crippen LogP contribution in [0.4, 0.5) is 0 Å². The summed E-state index contributed by atoms with van der Waals surface area (Å²) in [6.45, 7) is 0. The molecule has 0 atom stereocenters. The van der Waals surface area contributed by atoms with E-state index in [2.05, 4.69) is 30.4 Å². The smallest absolute Gasteiger partial charge is 0.310 e. The summed E-state index contributed by atoms with van der Waals surface area (Å²) in [7, 11) is 0. The second-order valence-corrected chi connectivity index (χ2v) is 3.54. The minimum Gasteiger partial charge on any atom is -0.479 e. The summed E-state index contributed by atoms with van der Waals surface area (Å²) in [6, 6.07) is 6.62. The summed E-state index contributed by atoms with van der Waals surface area (Å²) in [5, 5.41) is 30.5. The number of hydrogen-bond acceptors (Lipinski definition) is 6. The third-order valence-corrected chi connectivity index (χ3v) is 2.35. The molecule has 0 saturated carbocycles. The number of hydrogen-bond donors (Lipinski definition) is 4. The minimum atomic E-state index is -0.229. The molecule has 8 heteroatoms. The van der Waals surface area contributed by atoms with Crippen LogP contribution in [0.5, 0.6) is 12.0 Å². The molecule has 0 bridgehead atoms. The van der Waals surface area contributed by atoms with Crippen molar-refractivity contribution >= 4 is 0 Å². The fourth-order valence-corrected chi connectivity index (χ4v) is 1.53. The fraction of sp³-hybridized carbons (Fsp3) is 0. The molecule has 0 aliphatic carbocycles. The average molecular weight is 244 g/mol. The van der Waals surface area contributed by atoms with Crippen molar-refractivity contribution in [1.29, 1.82) is 0 Å². The highest BCUT2D eigenvalue weighted by molar-refractivity contribution is 5.63. The maximum absolute atomic E-state index is 9.07. The third kappa shape index (κ3) is 1.75. The standard InChI is InChI=1S/C10H8N6O2/c17-9-11-7(13-15-9)5-1-2-6(4-3-5)8-12-10(18)16-14-8/h1-4H,(H2,11,13,15,17)(H2,12,14,16,18). The van der Waals surface area contributed by atoms with E-state index in [-0.39, 0.29) is 12.0 Å². The van der Waals surface area contributed by atoms with Crippen molar-refractivity contribution in [2.24, 2.45) is 0 Å². The van der Waals surface area contributed by atoms with Gasteiger partial charge >= 0.3 is 12.0 Å². The summed E-state index contributed by atoms with van der Waals surface area (Å²) in [5.74, 6) is 0.800. The third-order valence-electron chi connectivity index (χ3n) is 2.35. The van der Waals surface area contributed by atoms with Crippen LogP contribution in [0.1, 0.15) is 0 Å². The molecule has 2 aromatic heterocycles. The monoisotopic (exact) mass is 244 g/mol. The molecule has 0 aliphatic rings. The molecule has 18 heavy (non-hydrogen) atoms. The van der Waals surface area contributed by atoms with Gasteiger partial charge in [0.25, 0.3) is 0 Å². The Bertz CT molecular complexity index is 613. The van der Waals surface area contributed by atoms with Gasteiger partial charge in [-0.1, -0.05) is 24.3 Å². The lowest BCUT2D eigenvalue weighted by molar-refractivity contribution is 0.432. The molecule has 3 aromatic rings. The van der Waals surface area contributed by atoms with Gasteiger partial charge in [0.1, 0.15) is 0 Å². The zero-order valence-electron chi connectivity index (χ0n) is 8.99. The van der Waals surface area contributed by atoms with Crippen molar-refractivity contribution in [2.75, 3.05) is 0 Å². The second kappa shape index (κ2) is 3.84. The van der Waals surface area contributed by atoms with Gasteiger partial charge in [-0.2, -0.15) is 20.2 Å². The van der Waals surface area contributed by atoms with Crippen LogP contribution in [0.2, 0.25) is 0 Å². The van der Waals surface area contributed by atoms with Gasteiger partial charge in [-0.3, -0.25) is 0 Å². The van der Waals surface area contributed by atoms with E-state index in [1.807, 2.05) is 0 Å². The predicted octanol–water partition coefficient (Wildman–Crippen LogP) is 0.668. The Kier molecular flexibility index (Phi) is 2.19. The Balaban J connectivity index is 1.94. The van der Waals surface area contributed by atoms with E-state index < -0.39 is 0 Å². The molecule has 1 aromatic carbocycles. The zero-order chi connectivity index (χ0) is 12.5. The fourth-order valence-electron chi connectivity index (χ4n) is 1.53. The number of nitrogens with one attached hydrogen (secondary N) is 2. The molecule has 0 radical (unpaired) electrons. The van der Waals surface area contributed by atoms with Gasteiger partial charge in [0.2, 0.25) is 0 Å². The quantitative estimate of drug-likeness (QED) is 0.525. The maximum atomic E-state index is 9.07. The lowest BCUT2D eigenvalue weighted by Gasteiger charge is -1.97. The van der Waals surface area contributed by atoms with E-state index in [1.54, 1.807) is 24.3 Å². The summed E-state index contributed by atoms with van der Waals surface area (Å²) in [5.41, 5.74) is 1.49. The number of H-pyrrole nitrogens is 2. The van der Waals surface area contributed by atoms with Gasteiger partial charge in [-0.05, 0) is 0 Å². The largest absolute Gasteiger partial charge is 0.479 e. The molecule has 90 valence electrons. The van der Waals surface area contributed by atoms with E-state index in [1.165, 1.54) is 0 Å². The van der Waals surface area contributed by atoms with Gasteiger partial charge in [-0.15, -0.1) is 0 Å². The van der Waals surface area contributed by atoms with Crippen LogP contribution in [0.25, 0.3) is 22.8 Å². The molecule has 0 fully saturated rings. The van der Waals surface area contributed by atoms with Crippen molar-refractivity contribution in [3.8, 4) is 34.8 Å². The first-order chi connectivity index (χ1) is 8.72. The Labute approximate surface area is 100 Å². The molecule has 3 rings (SSSR count). The number of rotatable bonds is 2. The van der Waals surface area contributed by atoms with Crippen LogP contribution in [-0.4, -0.2) is 40.6 Å². The molecule has 0 spiro atoms. The Morgan fingerprint density at radius 3 is 1.39 bits per heavy atom. The summed E-state index contributed by atoms with van der Waals surface area (Å²) in [6.07, 6.45) is 0. The van der Waals surface area contributed by atoms with Crippen LogP contribution in [0.3, 0.4) is 0 Å². The van der Waals surface area contributed by atoms with Crippen molar-refractivity contribution in [3.63, 3.8) is 0 Å². The SMILES string of the molecule is Oc1nc(-c2ccc(-c3n[nH]c(O)n3)cc2)n[nH]1. The predicted molar refractivity (Wildman–Crippen MR) is 60.5 cm³/mol. The maximum Gasteiger partial charge on any atom is 0.310 e. The first kappa shape index (κ1) is 10.3. The van der Waals surface area contributed by atoms with Crippen molar-refractivity contribution in [3.05, 3.63) is 24.3 Å². The van der Waals surface area contributed by atoms with Crippen molar-refractivity contribution < 1.29 is 10.2 Å². The number of aromatic amines is 2. The molecular formula is C10H8N6O2. The summed E-state index contributed by atoms with van der Waals surface area (Å²) >= 11 is 0. The van der Waals surface area contributed by atoms with E-state index >= 15 is 0 Å². The highest BCUT2D eigenvalue weighted by Crippen LogP contribution is 2.21. The zero-order valence-corrected chi connectivity index (χ0v) is 8.99. The highest BCUT2D eigenvalue weighted by atomic mass is 16.3. The molecule has 4 N–H and O–H groups in total. The Hall–Kier alpha value is -2.90. The summed E-state index contributed by atoms with van der Waals surface area (Å²) < 4.78 is 0. The molecule has 8 nitrogen and oxygen atoms in total. The van der Waals surface area contributed by atoms with Crippen LogP contribution >= 0.6 is 0 Å². The first-order valence-corrected chi connectivity index (χ1v) is 5.06. The number of benzene rings is 1. The Morgan fingerprint density at radius 1 is 0.722 bits per heavy atom. The van der Waals surface area contributed by atoms with E-state index in [4.69, 9.17) is 10.2 Å². The van der Waals surface area contributed by atoms with Crippen molar-refractivity contribution in [1.82, 2.24) is 30.4 Å². The Morgan fingerprint density at radius 2 is 1.11 bits per heavy atom. The molecule has 0 unspecified atom stereocenters. The van der Waals surface area contributed by atoms with E-state index in [0.717, 1.165) is 11.1 Å². The van der Waals surface area contributed by atoms with Gasteiger partial charge in [0.15, 0.2) is 11.6 Å². The van der Waals surface area contributed by atoms with Gasteiger partial charge < -0.3 is 10.2 Å². The van der Waals surface area contributed by atoms with E-state index in [9.17, 15) is 0 Å². The molecule has 0 amide bonds. The van der Waals surface area contributed by atoms with Crippen LogP contribution in [0.15, 0.2) is 24.3 Å². The lowest BCUT2D eigenvalue weighted by Crippen LogP contribution is -1.83. The van der Waals surface area contributed by atoms with Crippen molar-refractivity contribution in [2.45, 2.75) is 0 Å². The van der Waals surface area contributed by atoms with Gasteiger partial charge in [0, 0.05) is 11.1 Å². The van der Waals surface area contributed by atoms with E-state index in [0.29, 0.717) is 11.6 Å². The molecule has 0 aliphatic heterocycles. The highest BCUT2D eigenvalue weighted by Gasteiger charge is 2.07. The molecule has 2 heterocycles. The van der Waals surface area contributed by atoms with Crippen LogP contribution in [-0.2, 0) is 0 Å². The lowest BCUT2D eigenvalue weighted by atomic mass is 10.1.